The van der Waals surface area contributed by atoms with Gasteiger partial charge >= 0.3 is 0 Å². The average Bonchev–Trinajstić information content (AvgIpc) is 2.83. The van der Waals surface area contributed by atoms with E-state index < -0.39 is 0 Å². The van der Waals surface area contributed by atoms with E-state index in [1.165, 1.54) is 0 Å². The minimum Gasteiger partial charge on any atom is -0.495 e. The van der Waals surface area contributed by atoms with Gasteiger partial charge < -0.3 is 10.1 Å². The van der Waals surface area contributed by atoms with Crippen LogP contribution in [0.2, 0.25) is 0 Å². The van der Waals surface area contributed by atoms with E-state index in [-0.39, 0.29) is 5.91 Å². The van der Waals surface area contributed by atoms with Crippen LogP contribution in [0.15, 0.2) is 35.1 Å². The summed E-state index contributed by atoms with van der Waals surface area (Å²) in [5.74, 6) is 0.589. The van der Waals surface area contributed by atoms with Crippen LogP contribution < -0.4 is 10.1 Å². The zero-order valence-electron chi connectivity index (χ0n) is 11.4. The van der Waals surface area contributed by atoms with Gasteiger partial charge in [0.05, 0.1) is 23.5 Å². The Balaban J connectivity index is 1.96. The van der Waals surface area contributed by atoms with Crippen LogP contribution in [0.1, 0.15) is 12.0 Å². The summed E-state index contributed by atoms with van der Waals surface area (Å²) in [6, 6.07) is 5.67. The lowest BCUT2D eigenvalue weighted by Crippen LogP contribution is -2.15. The number of aromatic nitrogens is 2. The molecule has 2 aromatic rings. The third-order valence-corrected chi connectivity index (χ3v) is 3.21. The topological polar surface area (TPSA) is 56.1 Å². The number of carbonyl (C=O) groups is 1. The minimum absolute atomic E-state index is 0.0690. The first-order chi connectivity index (χ1) is 9.58. The second-order valence-electron chi connectivity index (χ2n) is 4.42. The van der Waals surface area contributed by atoms with Crippen molar-refractivity contribution in [3.8, 4) is 5.75 Å². The number of hydrogen-bond donors (Lipinski definition) is 1. The van der Waals surface area contributed by atoms with Gasteiger partial charge in [-0.1, -0.05) is 6.07 Å². The second kappa shape index (κ2) is 6.56. The molecule has 6 heteroatoms. The number of hydrogen-bond acceptors (Lipinski definition) is 3. The Hall–Kier alpha value is -1.82. The predicted octanol–water partition coefficient (Wildman–Crippen LogP) is 2.99. The number of aryl methyl sites for hydroxylation is 2. The third kappa shape index (κ3) is 3.84. The lowest BCUT2D eigenvalue weighted by atomic mass is 10.2. The Morgan fingerprint density at radius 2 is 2.30 bits per heavy atom. The van der Waals surface area contributed by atoms with Crippen molar-refractivity contribution >= 4 is 27.5 Å². The highest BCUT2D eigenvalue weighted by Gasteiger charge is 2.08. The Labute approximate surface area is 126 Å². The van der Waals surface area contributed by atoms with Crippen LogP contribution in [0.4, 0.5) is 5.69 Å². The van der Waals surface area contributed by atoms with Crippen LogP contribution in [0, 0.1) is 6.92 Å². The molecule has 1 N–H and O–H groups in total. The zero-order chi connectivity index (χ0) is 14.5. The quantitative estimate of drug-likeness (QED) is 0.912. The van der Waals surface area contributed by atoms with Crippen molar-refractivity contribution in [2.75, 3.05) is 12.4 Å². The molecule has 1 aromatic carbocycles. The summed E-state index contributed by atoms with van der Waals surface area (Å²) < 4.78 is 7.85. The molecule has 0 saturated heterocycles. The van der Waals surface area contributed by atoms with Gasteiger partial charge in [-0.25, -0.2) is 0 Å². The monoisotopic (exact) mass is 337 g/mol. The lowest BCUT2D eigenvalue weighted by Gasteiger charge is -2.11. The van der Waals surface area contributed by atoms with E-state index >= 15 is 0 Å². The Kier molecular flexibility index (Phi) is 4.79. The number of rotatable bonds is 5. The number of methoxy groups -OCH3 is 1. The van der Waals surface area contributed by atoms with Crippen molar-refractivity contribution in [3.05, 3.63) is 40.6 Å². The fraction of sp³-hybridized carbons (Fsp3) is 0.286. The fourth-order valence-electron chi connectivity index (χ4n) is 1.81. The van der Waals surface area contributed by atoms with Gasteiger partial charge in [-0.05, 0) is 40.5 Å². The SMILES string of the molecule is COc1ccc(C)cc1NC(=O)CCn1cc(Br)cn1. The molecule has 5 nitrogen and oxygen atoms in total. The molecule has 1 amide bonds. The molecule has 0 aliphatic carbocycles. The Morgan fingerprint density at radius 3 is 2.95 bits per heavy atom. The molecule has 0 aliphatic rings. The number of carbonyl (C=O) groups excluding carboxylic acids is 1. The standard InChI is InChI=1S/C14H16BrN3O2/c1-10-3-4-13(20-2)12(7-10)17-14(19)5-6-18-9-11(15)8-16-18/h3-4,7-9H,5-6H2,1-2H3,(H,17,19). The molecule has 20 heavy (non-hydrogen) atoms. The smallest absolute Gasteiger partial charge is 0.226 e. The van der Waals surface area contributed by atoms with Crippen molar-refractivity contribution in [1.29, 1.82) is 0 Å². The third-order valence-electron chi connectivity index (χ3n) is 2.80. The molecular formula is C14H16BrN3O2. The van der Waals surface area contributed by atoms with E-state index in [0.717, 1.165) is 10.0 Å². The van der Waals surface area contributed by atoms with E-state index in [9.17, 15) is 4.79 Å². The highest BCUT2D eigenvalue weighted by atomic mass is 79.9. The predicted molar refractivity (Wildman–Crippen MR) is 80.9 cm³/mol. The van der Waals surface area contributed by atoms with Gasteiger partial charge in [-0.15, -0.1) is 0 Å². The second-order valence-corrected chi connectivity index (χ2v) is 5.34. The maximum Gasteiger partial charge on any atom is 0.226 e. The van der Waals surface area contributed by atoms with Crippen LogP contribution in [0.3, 0.4) is 0 Å². The van der Waals surface area contributed by atoms with Crippen LogP contribution in [-0.4, -0.2) is 22.8 Å². The van der Waals surface area contributed by atoms with E-state index in [0.29, 0.717) is 24.4 Å². The summed E-state index contributed by atoms with van der Waals surface area (Å²) in [5.41, 5.74) is 1.76. The molecule has 0 aliphatic heterocycles. The number of benzene rings is 1. The molecule has 0 unspecified atom stereocenters. The van der Waals surface area contributed by atoms with E-state index in [1.54, 1.807) is 18.0 Å². The Morgan fingerprint density at radius 1 is 1.50 bits per heavy atom. The Bertz CT molecular complexity index is 610. The van der Waals surface area contributed by atoms with E-state index in [4.69, 9.17) is 4.74 Å². The normalized spacial score (nSPS) is 10.3. The fourth-order valence-corrected chi connectivity index (χ4v) is 2.14. The maximum atomic E-state index is 12.0. The van der Waals surface area contributed by atoms with Crippen LogP contribution in [0.5, 0.6) is 5.75 Å². The first-order valence-corrected chi connectivity index (χ1v) is 7.00. The summed E-state index contributed by atoms with van der Waals surface area (Å²) in [4.78, 5) is 12.0. The van der Waals surface area contributed by atoms with Crippen molar-refractivity contribution in [2.24, 2.45) is 0 Å². The van der Waals surface area contributed by atoms with E-state index in [1.807, 2.05) is 31.3 Å². The van der Waals surface area contributed by atoms with Gasteiger partial charge in [-0.3, -0.25) is 9.48 Å². The summed E-state index contributed by atoms with van der Waals surface area (Å²) in [6.45, 7) is 2.50. The van der Waals surface area contributed by atoms with Crippen molar-refractivity contribution in [2.45, 2.75) is 19.9 Å². The van der Waals surface area contributed by atoms with E-state index in [2.05, 4.69) is 26.3 Å². The van der Waals surface area contributed by atoms with Gasteiger partial charge in [0.25, 0.3) is 0 Å². The summed E-state index contributed by atoms with van der Waals surface area (Å²) >= 11 is 3.32. The summed E-state index contributed by atoms with van der Waals surface area (Å²) in [6.07, 6.45) is 3.88. The molecule has 0 radical (unpaired) electrons. The van der Waals surface area contributed by atoms with Crippen molar-refractivity contribution < 1.29 is 9.53 Å². The van der Waals surface area contributed by atoms with Gasteiger partial charge in [-0.2, -0.15) is 5.10 Å². The molecule has 106 valence electrons. The van der Waals surface area contributed by atoms with Gasteiger partial charge in [0.15, 0.2) is 0 Å². The summed E-state index contributed by atoms with van der Waals surface area (Å²) in [7, 11) is 1.58. The molecular weight excluding hydrogens is 322 g/mol. The molecule has 0 fully saturated rings. The lowest BCUT2D eigenvalue weighted by molar-refractivity contribution is -0.116. The molecule has 0 spiro atoms. The first-order valence-electron chi connectivity index (χ1n) is 6.21. The average molecular weight is 338 g/mol. The zero-order valence-corrected chi connectivity index (χ0v) is 13.0. The number of nitrogens with zero attached hydrogens (tertiary/aromatic N) is 2. The molecule has 0 saturated carbocycles. The van der Waals surface area contributed by atoms with Crippen LogP contribution in [-0.2, 0) is 11.3 Å². The maximum absolute atomic E-state index is 12.0. The van der Waals surface area contributed by atoms with Gasteiger partial charge in [0.1, 0.15) is 5.75 Å². The first kappa shape index (κ1) is 14.6. The summed E-state index contributed by atoms with van der Waals surface area (Å²) in [5, 5.41) is 6.97. The number of ether oxygens (including phenoxy) is 1. The minimum atomic E-state index is -0.0690. The van der Waals surface area contributed by atoms with Gasteiger partial charge in [0.2, 0.25) is 5.91 Å². The van der Waals surface area contributed by atoms with Crippen LogP contribution in [0.25, 0.3) is 0 Å². The van der Waals surface area contributed by atoms with Gasteiger partial charge in [0, 0.05) is 19.2 Å². The molecule has 1 aromatic heterocycles. The highest BCUT2D eigenvalue weighted by Crippen LogP contribution is 2.25. The number of halogens is 1. The highest BCUT2D eigenvalue weighted by molar-refractivity contribution is 9.10. The van der Waals surface area contributed by atoms with Crippen LogP contribution >= 0.6 is 15.9 Å². The number of anilines is 1. The molecule has 2 rings (SSSR count). The largest absolute Gasteiger partial charge is 0.495 e. The van der Waals surface area contributed by atoms with Crippen molar-refractivity contribution in [3.63, 3.8) is 0 Å². The van der Waals surface area contributed by atoms with Crippen molar-refractivity contribution in [1.82, 2.24) is 9.78 Å². The molecule has 0 atom stereocenters. The number of nitrogens with one attached hydrogen (secondary N) is 1. The molecule has 0 bridgehead atoms. The number of amides is 1. The molecule has 1 heterocycles.